The van der Waals surface area contributed by atoms with E-state index in [0.29, 0.717) is 19.6 Å². The van der Waals surface area contributed by atoms with E-state index < -0.39 is 18.3 Å². The molecule has 0 aromatic heterocycles. The number of nitrogens with zero attached hydrogens (tertiary/aromatic N) is 3. The number of rotatable bonds is 27. The quantitative estimate of drug-likeness (QED) is 0.0346. The monoisotopic (exact) mass is 1070 g/mol. The van der Waals surface area contributed by atoms with Crippen LogP contribution >= 0.6 is 0 Å². The van der Waals surface area contributed by atoms with E-state index in [0.717, 1.165) is 130 Å². The summed E-state index contributed by atoms with van der Waals surface area (Å²) in [4.78, 5) is 6.26. The molecule has 18 heteroatoms. The molecule has 18 nitrogen and oxygen atoms in total. The zero-order chi connectivity index (χ0) is 54.6. The van der Waals surface area contributed by atoms with E-state index in [-0.39, 0.29) is 19.8 Å². The van der Waals surface area contributed by atoms with Gasteiger partial charge in [0.25, 0.3) is 0 Å². The van der Waals surface area contributed by atoms with E-state index in [1.807, 2.05) is 91.0 Å². The highest BCUT2D eigenvalue weighted by molar-refractivity contribution is 5.38. The minimum Gasteiger partial charge on any atom is -0.497 e. The summed E-state index contributed by atoms with van der Waals surface area (Å²) in [6.45, 7) is 6.99. The lowest BCUT2D eigenvalue weighted by Crippen LogP contribution is -2.35. The third kappa shape index (κ3) is 20.8. The van der Waals surface area contributed by atoms with Crippen molar-refractivity contribution in [3.8, 4) is 34.5 Å². The normalized spacial score (nSPS) is 15.8. The molecular formula is C60H81N9O9. The SMILES string of the molecule is COc1ccc(CCc2ccccc2OCC(O)CN2CNNC2)cc1.COc1ccc(CCc2ccccc2OC[C@@H](O)CN2CNNC2)cc1.COc1ccc(CCc2ccccc2OC[C@H](O)CN2CNNC2)cc1. The first-order valence-corrected chi connectivity index (χ1v) is 26.8. The molecule has 0 spiro atoms. The Morgan fingerprint density at radius 1 is 0.346 bits per heavy atom. The average Bonchev–Trinajstić information content (AvgIpc) is 4.32. The molecule has 0 bridgehead atoms. The van der Waals surface area contributed by atoms with Crippen LogP contribution in [0.15, 0.2) is 146 Å². The van der Waals surface area contributed by atoms with Gasteiger partial charge >= 0.3 is 0 Å². The number of β-amino-alcohol motifs (C(OH)–C–C–N with tert-alkyl or cyclic N) is 3. The molecule has 0 amide bonds. The van der Waals surface area contributed by atoms with E-state index in [4.69, 9.17) is 28.4 Å². The Kier molecular flexibility index (Phi) is 25.2. The Hall–Kier alpha value is -6.36. The maximum Gasteiger partial charge on any atom is 0.122 e. The van der Waals surface area contributed by atoms with Gasteiger partial charge in [-0.2, -0.15) is 0 Å². The summed E-state index contributed by atoms with van der Waals surface area (Å²) in [6, 6.07) is 48.5. The first-order valence-electron chi connectivity index (χ1n) is 26.8. The Morgan fingerprint density at radius 2 is 0.590 bits per heavy atom. The lowest BCUT2D eigenvalue weighted by atomic mass is 10.0. The van der Waals surface area contributed by atoms with Crippen LogP contribution in [0.4, 0.5) is 0 Å². The molecule has 0 saturated carbocycles. The first kappa shape index (κ1) is 59.3. The van der Waals surface area contributed by atoms with Gasteiger partial charge in [-0.15, -0.1) is 0 Å². The number of para-hydroxylation sites is 3. The van der Waals surface area contributed by atoms with Gasteiger partial charge in [0.1, 0.15) is 72.6 Å². The van der Waals surface area contributed by atoms with Crippen molar-refractivity contribution < 1.29 is 43.7 Å². The topological polar surface area (TPSA) is 198 Å². The maximum atomic E-state index is 10.2. The van der Waals surface area contributed by atoms with Crippen molar-refractivity contribution >= 4 is 0 Å². The minimum atomic E-state index is -0.522. The van der Waals surface area contributed by atoms with Crippen LogP contribution in [0.25, 0.3) is 0 Å². The smallest absolute Gasteiger partial charge is 0.122 e. The summed E-state index contributed by atoms with van der Waals surface area (Å²) in [5, 5.41) is 30.6. The molecule has 3 aliphatic rings. The lowest BCUT2D eigenvalue weighted by Gasteiger charge is -2.19. The van der Waals surface area contributed by atoms with Crippen LogP contribution in [0.5, 0.6) is 34.5 Å². The molecule has 6 aromatic carbocycles. The highest BCUT2D eigenvalue weighted by Crippen LogP contribution is 2.24. The number of hydrogen-bond donors (Lipinski definition) is 9. The molecule has 9 N–H and O–H groups in total. The van der Waals surface area contributed by atoms with E-state index in [9.17, 15) is 15.3 Å². The molecule has 0 aliphatic carbocycles. The summed E-state index contributed by atoms with van der Waals surface area (Å²) >= 11 is 0. The zero-order valence-corrected chi connectivity index (χ0v) is 45.4. The number of methoxy groups -OCH3 is 3. The van der Waals surface area contributed by atoms with Crippen molar-refractivity contribution in [3.05, 3.63) is 179 Å². The average molecular weight is 1070 g/mol. The summed E-state index contributed by atoms with van der Waals surface area (Å²) in [6.07, 6.45) is 3.88. The number of aryl methyl sites for hydroxylation is 6. The Balaban J connectivity index is 0.000000170. The van der Waals surface area contributed by atoms with E-state index in [2.05, 4.69) is 102 Å². The highest BCUT2D eigenvalue weighted by atomic mass is 16.5. The van der Waals surface area contributed by atoms with Gasteiger partial charge < -0.3 is 43.7 Å². The predicted octanol–water partition coefficient (Wildman–Crippen LogP) is 4.63. The number of hydrazine groups is 3. The molecule has 78 heavy (non-hydrogen) atoms. The van der Waals surface area contributed by atoms with Crippen molar-refractivity contribution in [1.29, 1.82) is 0 Å². The van der Waals surface area contributed by atoms with Crippen molar-refractivity contribution in [2.24, 2.45) is 0 Å². The Morgan fingerprint density at radius 3 is 0.833 bits per heavy atom. The molecule has 3 fully saturated rings. The number of aliphatic hydroxyl groups excluding tert-OH is 3. The van der Waals surface area contributed by atoms with Gasteiger partial charge in [-0.25, -0.2) is 32.6 Å². The van der Waals surface area contributed by atoms with Crippen molar-refractivity contribution in [2.75, 3.05) is 101 Å². The summed E-state index contributed by atoms with van der Waals surface area (Å²) < 4.78 is 33.3. The van der Waals surface area contributed by atoms with Crippen LogP contribution < -0.4 is 61.0 Å². The fraction of sp³-hybridized carbons (Fsp3) is 0.400. The third-order valence-corrected chi connectivity index (χ3v) is 13.3. The van der Waals surface area contributed by atoms with Crippen molar-refractivity contribution in [3.63, 3.8) is 0 Å². The summed E-state index contributed by atoms with van der Waals surface area (Å²) in [5.74, 6) is 5.15. The fourth-order valence-corrected chi connectivity index (χ4v) is 8.94. The minimum absolute atomic E-state index is 0.288. The molecule has 420 valence electrons. The molecule has 0 radical (unpaired) electrons. The second kappa shape index (κ2) is 33.2. The van der Waals surface area contributed by atoms with E-state index >= 15 is 0 Å². The molecule has 6 aromatic rings. The molecule has 3 saturated heterocycles. The third-order valence-electron chi connectivity index (χ3n) is 13.3. The van der Waals surface area contributed by atoms with Crippen LogP contribution in [0, 0.1) is 0 Å². The van der Waals surface area contributed by atoms with E-state index in [1.54, 1.807) is 21.3 Å². The lowest BCUT2D eigenvalue weighted by molar-refractivity contribution is 0.0744. The maximum absolute atomic E-state index is 10.2. The molecule has 1 unspecified atom stereocenters. The Labute approximate surface area is 460 Å². The summed E-state index contributed by atoms with van der Waals surface area (Å²) in [7, 11) is 5.02. The van der Waals surface area contributed by atoms with Crippen LogP contribution in [0.3, 0.4) is 0 Å². The Bertz CT molecular complexity index is 2300. The van der Waals surface area contributed by atoms with Gasteiger partial charge in [-0.05, 0) is 127 Å². The number of benzene rings is 6. The van der Waals surface area contributed by atoms with Gasteiger partial charge in [-0.1, -0.05) is 91.0 Å². The predicted molar refractivity (Wildman–Crippen MR) is 303 cm³/mol. The van der Waals surface area contributed by atoms with E-state index in [1.165, 1.54) is 16.7 Å². The molecule has 3 heterocycles. The second-order valence-corrected chi connectivity index (χ2v) is 19.3. The van der Waals surface area contributed by atoms with Crippen LogP contribution in [0.1, 0.15) is 33.4 Å². The van der Waals surface area contributed by atoms with Crippen molar-refractivity contribution in [2.45, 2.75) is 56.8 Å². The number of aliphatic hydroxyl groups is 3. The van der Waals surface area contributed by atoms with Crippen molar-refractivity contribution in [1.82, 2.24) is 47.3 Å². The number of nitrogens with one attached hydrogen (secondary N) is 6. The fourth-order valence-electron chi connectivity index (χ4n) is 8.94. The molecule has 9 rings (SSSR count). The molecule has 3 aliphatic heterocycles. The van der Waals surface area contributed by atoms with Gasteiger partial charge in [0.15, 0.2) is 0 Å². The van der Waals surface area contributed by atoms with Gasteiger partial charge in [0, 0.05) is 19.6 Å². The second-order valence-electron chi connectivity index (χ2n) is 19.3. The number of hydrogen-bond acceptors (Lipinski definition) is 18. The largest absolute Gasteiger partial charge is 0.497 e. The van der Waals surface area contributed by atoms with Crippen LogP contribution in [0.2, 0.25) is 0 Å². The van der Waals surface area contributed by atoms with Crippen LogP contribution in [-0.4, -0.2) is 149 Å². The molecular weight excluding hydrogens is 991 g/mol. The number of ether oxygens (including phenoxy) is 6. The van der Waals surface area contributed by atoms with Crippen LogP contribution in [-0.2, 0) is 38.5 Å². The zero-order valence-electron chi connectivity index (χ0n) is 45.4. The highest BCUT2D eigenvalue weighted by Gasteiger charge is 2.19. The summed E-state index contributed by atoms with van der Waals surface area (Å²) in [5.41, 5.74) is 25.3. The first-order chi connectivity index (χ1) is 38.2. The standard InChI is InChI=1S/3C20H27N3O3/c3*1-25-19-10-7-16(8-11-19)6-9-17-4-2-3-5-20(17)26-13-18(24)12-23-14-21-22-15-23/h3*2-5,7-8,10-11,18,21-22,24H,6,9,12-15H2,1H3/t2*18-;/m10./s1. The van der Waals surface area contributed by atoms with Gasteiger partial charge in [0.2, 0.25) is 0 Å². The molecule has 3 atom stereocenters. The van der Waals surface area contributed by atoms with Gasteiger partial charge in [0.05, 0.1) is 61.3 Å². The van der Waals surface area contributed by atoms with Gasteiger partial charge in [-0.3, -0.25) is 14.7 Å².